The molecular weight excluding hydrogens is 405 g/mol. The Morgan fingerprint density at radius 1 is 1.13 bits per heavy atom. The molecule has 1 aliphatic rings. The van der Waals surface area contributed by atoms with Gasteiger partial charge in [0.05, 0.1) is 5.56 Å². The molecule has 0 aliphatic carbocycles. The smallest absolute Gasteiger partial charge is 0.257 e. The largest absolute Gasteiger partial charge is 0.489 e. The highest BCUT2D eigenvalue weighted by Gasteiger charge is 2.30. The number of nitrogens with zero attached hydrogens (tertiary/aromatic N) is 1. The quantitative estimate of drug-likeness (QED) is 0.459. The highest BCUT2D eigenvalue weighted by molar-refractivity contribution is 7.99. The van der Waals surface area contributed by atoms with Gasteiger partial charge in [-0.2, -0.15) is 0 Å². The number of benzene rings is 2. The van der Waals surface area contributed by atoms with Crippen molar-refractivity contribution in [2.75, 3.05) is 11.1 Å². The molecule has 2 aromatic carbocycles. The molecule has 1 unspecified atom stereocenters. The summed E-state index contributed by atoms with van der Waals surface area (Å²) >= 11 is 1.41. The maximum Gasteiger partial charge on any atom is 0.257 e. The molecule has 1 aromatic heterocycles. The number of hydrogen-bond acceptors (Lipinski definition) is 5. The number of carbonyl (C=O) groups excluding carboxylic acids is 1. The fourth-order valence-corrected chi connectivity index (χ4v) is 3.98. The fourth-order valence-electron chi connectivity index (χ4n) is 3.38. The fraction of sp³-hybridized carbons (Fsp3) is 0.227. The maximum atomic E-state index is 13.0. The van der Waals surface area contributed by atoms with E-state index in [4.69, 9.17) is 4.74 Å². The summed E-state index contributed by atoms with van der Waals surface area (Å²) < 4.78 is 18.7. The van der Waals surface area contributed by atoms with Crippen molar-refractivity contribution in [3.63, 3.8) is 0 Å². The Labute approximate surface area is 176 Å². The number of aromatic amines is 1. The van der Waals surface area contributed by atoms with Gasteiger partial charge in [-0.1, -0.05) is 43.0 Å². The van der Waals surface area contributed by atoms with Gasteiger partial charge < -0.3 is 15.0 Å². The average Bonchev–Trinajstić information content (AvgIpc) is 2.73. The first-order chi connectivity index (χ1) is 14.5. The van der Waals surface area contributed by atoms with E-state index in [1.165, 1.54) is 23.9 Å². The molecule has 4 rings (SSSR count). The van der Waals surface area contributed by atoms with Crippen LogP contribution < -0.4 is 15.6 Å². The van der Waals surface area contributed by atoms with E-state index >= 15 is 0 Å². The van der Waals surface area contributed by atoms with E-state index in [0.717, 1.165) is 16.9 Å². The van der Waals surface area contributed by atoms with Crippen molar-refractivity contribution in [2.45, 2.75) is 31.0 Å². The van der Waals surface area contributed by atoms with Gasteiger partial charge >= 0.3 is 0 Å². The van der Waals surface area contributed by atoms with Gasteiger partial charge in [0.2, 0.25) is 5.91 Å². The number of anilines is 1. The number of fused-ring (bicyclic) bond motifs is 1. The van der Waals surface area contributed by atoms with Crippen LogP contribution in [0, 0.1) is 5.82 Å². The number of rotatable bonds is 6. The van der Waals surface area contributed by atoms with Gasteiger partial charge in [-0.15, -0.1) is 0 Å². The second-order valence-electron chi connectivity index (χ2n) is 6.86. The maximum absolute atomic E-state index is 13.0. The van der Waals surface area contributed by atoms with Gasteiger partial charge in [-0.05, 0) is 41.1 Å². The van der Waals surface area contributed by atoms with Gasteiger partial charge in [0.1, 0.15) is 24.0 Å². The molecule has 3 aromatic rings. The Balaban J connectivity index is 1.55. The Bertz CT molecular complexity index is 1110. The lowest BCUT2D eigenvalue weighted by Gasteiger charge is -2.24. The number of hydrogen-bond donors (Lipinski definition) is 2. The molecule has 154 valence electrons. The van der Waals surface area contributed by atoms with Gasteiger partial charge in [0.25, 0.3) is 5.56 Å². The van der Waals surface area contributed by atoms with E-state index in [0.29, 0.717) is 28.9 Å². The molecular formula is C22H20FN3O3S. The minimum Gasteiger partial charge on any atom is -0.489 e. The summed E-state index contributed by atoms with van der Waals surface area (Å²) in [6.45, 7) is 2.28. The van der Waals surface area contributed by atoms with Crippen molar-refractivity contribution < 1.29 is 13.9 Å². The summed E-state index contributed by atoms with van der Waals surface area (Å²) in [5, 5.41) is 3.21. The van der Waals surface area contributed by atoms with E-state index < -0.39 is 0 Å². The predicted octanol–water partition coefficient (Wildman–Crippen LogP) is 4.07. The lowest BCUT2D eigenvalue weighted by atomic mass is 9.87. The number of thioether (sulfide) groups is 1. The van der Waals surface area contributed by atoms with Crippen LogP contribution in [0.15, 0.2) is 58.5 Å². The summed E-state index contributed by atoms with van der Waals surface area (Å²) in [4.78, 5) is 32.1. The molecule has 0 fully saturated rings. The van der Waals surface area contributed by atoms with E-state index in [9.17, 15) is 14.0 Å². The summed E-state index contributed by atoms with van der Waals surface area (Å²) in [6, 6.07) is 13.4. The van der Waals surface area contributed by atoms with Crippen LogP contribution in [0.2, 0.25) is 0 Å². The Hall–Kier alpha value is -3.13. The Morgan fingerprint density at radius 3 is 2.57 bits per heavy atom. The normalized spacial score (nSPS) is 15.4. The molecule has 1 aliphatic heterocycles. The van der Waals surface area contributed by atoms with Gasteiger partial charge in [-0.25, -0.2) is 9.37 Å². The van der Waals surface area contributed by atoms with E-state index in [1.54, 1.807) is 24.3 Å². The minimum atomic E-state index is -0.378. The first kappa shape index (κ1) is 20.2. The molecule has 6 nitrogen and oxygen atoms in total. The van der Waals surface area contributed by atoms with E-state index in [1.807, 2.05) is 19.1 Å². The van der Waals surface area contributed by atoms with Crippen molar-refractivity contribution in [3.8, 4) is 5.75 Å². The lowest BCUT2D eigenvalue weighted by Crippen LogP contribution is -2.31. The van der Waals surface area contributed by atoms with E-state index in [-0.39, 0.29) is 29.6 Å². The van der Waals surface area contributed by atoms with Crippen molar-refractivity contribution in [3.05, 3.63) is 81.4 Å². The van der Waals surface area contributed by atoms with Crippen molar-refractivity contribution in [1.82, 2.24) is 9.97 Å². The molecule has 0 bridgehead atoms. The summed E-state index contributed by atoms with van der Waals surface area (Å²) in [6.07, 6.45) is 0.174. The van der Waals surface area contributed by atoms with E-state index in [2.05, 4.69) is 15.3 Å². The van der Waals surface area contributed by atoms with Crippen LogP contribution in [0.5, 0.6) is 5.75 Å². The van der Waals surface area contributed by atoms with Crippen LogP contribution in [0.4, 0.5) is 10.2 Å². The minimum absolute atomic E-state index is 0.172. The number of amides is 1. The molecule has 30 heavy (non-hydrogen) atoms. The third kappa shape index (κ3) is 4.38. The highest BCUT2D eigenvalue weighted by atomic mass is 32.2. The third-order valence-electron chi connectivity index (χ3n) is 4.81. The second kappa shape index (κ2) is 8.71. The van der Waals surface area contributed by atoms with Crippen LogP contribution in [0.1, 0.15) is 36.0 Å². The molecule has 2 heterocycles. The van der Waals surface area contributed by atoms with Crippen molar-refractivity contribution >= 4 is 23.5 Å². The predicted molar refractivity (Wildman–Crippen MR) is 114 cm³/mol. The highest BCUT2D eigenvalue weighted by Crippen LogP contribution is 2.35. The summed E-state index contributed by atoms with van der Waals surface area (Å²) in [5.41, 5.74) is 1.92. The number of halogens is 1. The first-order valence-corrected chi connectivity index (χ1v) is 10.6. The third-order valence-corrected chi connectivity index (χ3v) is 5.57. The van der Waals surface area contributed by atoms with Crippen LogP contribution in [0.3, 0.4) is 0 Å². The molecule has 2 N–H and O–H groups in total. The number of carbonyl (C=O) groups is 1. The van der Waals surface area contributed by atoms with Gasteiger partial charge in [-0.3, -0.25) is 9.59 Å². The van der Waals surface area contributed by atoms with Crippen LogP contribution in [-0.2, 0) is 11.4 Å². The van der Waals surface area contributed by atoms with Crippen LogP contribution in [-0.4, -0.2) is 21.6 Å². The van der Waals surface area contributed by atoms with Crippen LogP contribution in [0.25, 0.3) is 0 Å². The first-order valence-electron chi connectivity index (χ1n) is 9.57. The summed E-state index contributed by atoms with van der Waals surface area (Å²) in [5.74, 6) is 0.896. The SMILES string of the molecule is CCSc1nc2c(c(=O)[nH]1)C(c1ccc(OCc3ccc(F)cc3)cc1)CC(=O)N2. The lowest BCUT2D eigenvalue weighted by molar-refractivity contribution is -0.116. The topological polar surface area (TPSA) is 84.1 Å². The molecule has 8 heteroatoms. The number of aromatic nitrogens is 2. The molecule has 0 radical (unpaired) electrons. The number of nitrogens with one attached hydrogen (secondary N) is 2. The zero-order valence-corrected chi connectivity index (χ0v) is 17.1. The standard InChI is InChI=1S/C22H20FN3O3S/c1-2-30-22-25-20-19(21(28)26-22)17(11-18(27)24-20)14-5-9-16(10-6-14)29-12-13-3-7-15(23)8-4-13/h3-10,17H,2,11-12H2,1H3,(H2,24,25,26,27,28). The van der Waals surface area contributed by atoms with Crippen molar-refractivity contribution in [1.29, 1.82) is 0 Å². The van der Waals surface area contributed by atoms with Gasteiger partial charge in [0, 0.05) is 12.3 Å². The van der Waals surface area contributed by atoms with Crippen molar-refractivity contribution in [2.24, 2.45) is 0 Å². The Kier molecular flexibility index (Phi) is 5.85. The zero-order chi connectivity index (χ0) is 21.1. The zero-order valence-electron chi connectivity index (χ0n) is 16.3. The average molecular weight is 425 g/mol. The molecule has 0 saturated carbocycles. The van der Waals surface area contributed by atoms with Crippen LogP contribution >= 0.6 is 11.8 Å². The molecule has 0 spiro atoms. The second-order valence-corrected chi connectivity index (χ2v) is 8.11. The molecule has 1 amide bonds. The number of H-pyrrole nitrogens is 1. The molecule has 1 atom stereocenters. The monoisotopic (exact) mass is 425 g/mol. The van der Waals surface area contributed by atoms with Gasteiger partial charge in [0.15, 0.2) is 5.16 Å². The number of ether oxygens (including phenoxy) is 1. The summed E-state index contributed by atoms with van der Waals surface area (Å²) in [7, 11) is 0. The Morgan fingerprint density at radius 2 is 1.87 bits per heavy atom. The molecule has 0 saturated heterocycles.